The van der Waals surface area contributed by atoms with Crippen molar-refractivity contribution in [3.05, 3.63) is 43.1 Å². The first-order chi connectivity index (χ1) is 9.43. The molecule has 2 aromatic rings. The summed E-state index contributed by atoms with van der Waals surface area (Å²) in [7, 11) is 1.56. The molecule has 0 atom stereocenters. The van der Waals surface area contributed by atoms with E-state index in [4.69, 9.17) is 10.7 Å². The minimum absolute atomic E-state index is 0.00582. The number of halogens is 1. The number of rotatable bonds is 5. The van der Waals surface area contributed by atoms with Gasteiger partial charge in [0.15, 0.2) is 0 Å². The van der Waals surface area contributed by atoms with Gasteiger partial charge in [0, 0.05) is 34.3 Å². The number of aromatic nitrogens is 1. The number of amides is 1. The van der Waals surface area contributed by atoms with Crippen LogP contribution in [0.1, 0.15) is 0 Å². The SMILES string of the molecule is C=CCNC(=O)Cn1cc(S(=O)(=O)Cl)c2ccccc21. The van der Waals surface area contributed by atoms with Gasteiger partial charge in [-0.1, -0.05) is 24.3 Å². The Morgan fingerprint density at radius 1 is 1.40 bits per heavy atom. The van der Waals surface area contributed by atoms with E-state index in [2.05, 4.69) is 11.9 Å². The van der Waals surface area contributed by atoms with Gasteiger partial charge < -0.3 is 9.88 Å². The highest BCUT2D eigenvalue weighted by molar-refractivity contribution is 8.14. The molecule has 1 heterocycles. The topological polar surface area (TPSA) is 68.2 Å². The number of nitrogens with one attached hydrogen (secondary N) is 1. The monoisotopic (exact) mass is 312 g/mol. The van der Waals surface area contributed by atoms with Crippen molar-refractivity contribution in [3.8, 4) is 0 Å². The third-order valence-electron chi connectivity index (χ3n) is 2.77. The molecule has 7 heteroatoms. The summed E-state index contributed by atoms with van der Waals surface area (Å²) < 4.78 is 24.7. The van der Waals surface area contributed by atoms with Gasteiger partial charge in [0.1, 0.15) is 11.4 Å². The highest BCUT2D eigenvalue weighted by atomic mass is 35.7. The van der Waals surface area contributed by atoms with Gasteiger partial charge in [-0.2, -0.15) is 0 Å². The van der Waals surface area contributed by atoms with Crippen LogP contribution in [-0.2, 0) is 20.4 Å². The van der Waals surface area contributed by atoms with Gasteiger partial charge >= 0.3 is 0 Å². The summed E-state index contributed by atoms with van der Waals surface area (Å²) in [4.78, 5) is 11.7. The summed E-state index contributed by atoms with van der Waals surface area (Å²) in [5, 5.41) is 3.13. The lowest BCUT2D eigenvalue weighted by Crippen LogP contribution is -2.27. The Hall–Kier alpha value is -1.79. The Kier molecular flexibility index (Phi) is 4.15. The van der Waals surface area contributed by atoms with Crippen LogP contribution in [0.4, 0.5) is 0 Å². The van der Waals surface area contributed by atoms with Gasteiger partial charge in [-0.15, -0.1) is 6.58 Å². The number of hydrogen-bond acceptors (Lipinski definition) is 3. The second kappa shape index (κ2) is 5.68. The third kappa shape index (κ3) is 3.02. The van der Waals surface area contributed by atoms with E-state index in [-0.39, 0.29) is 17.3 Å². The van der Waals surface area contributed by atoms with Crippen molar-refractivity contribution < 1.29 is 13.2 Å². The fourth-order valence-electron chi connectivity index (χ4n) is 1.93. The van der Waals surface area contributed by atoms with Crippen LogP contribution in [0.25, 0.3) is 10.9 Å². The zero-order valence-electron chi connectivity index (χ0n) is 10.5. The number of hydrogen-bond donors (Lipinski definition) is 1. The molecule has 1 N–H and O–H groups in total. The van der Waals surface area contributed by atoms with E-state index in [1.165, 1.54) is 6.20 Å². The number of fused-ring (bicyclic) bond motifs is 1. The summed E-state index contributed by atoms with van der Waals surface area (Å²) in [5.74, 6) is -0.232. The molecule has 0 saturated carbocycles. The van der Waals surface area contributed by atoms with Gasteiger partial charge in [-0.25, -0.2) is 8.42 Å². The van der Waals surface area contributed by atoms with E-state index >= 15 is 0 Å². The molecule has 0 spiro atoms. The maximum Gasteiger partial charge on any atom is 0.263 e. The lowest BCUT2D eigenvalue weighted by Gasteiger charge is -2.05. The highest BCUT2D eigenvalue weighted by Crippen LogP contribution is 2.27. The molecular weight excluding hydrogens is 300 g/mol. The lowest BCUT2D eigenvalue weighted by atomic mass is 10.2. The predicted molar refractivity (Wildman–Crippen MR) is 78.2 cm³/mol. The van der Waals surface area contributed by atoms with Crippen molar-refractivity contribution in [3.63, 3.8) is 0 Å². The first kappa shape index (κ1) is 14.6. The average molecular weight is 313 g/mol. The molecule has 2 rings (SSSR count). The molecule has 0 aliphatic rings. The van der Waals surface area contributed by atoms with Crippen molar-refractivity contribution >= 4 is 36.5 Å². The number of nitrogens with zero attached hydrogens (tertiary/aromatic N) is 1. The molecule has 0 saturated heterocycles. The second-order valence-electron chi connectivity index (χ2n) is 4.17. The summed E-state index contributed by atoms with van der Waals surface area (Å²) >= 11 is 0. The molecule has 0 unspecified atom stereocenters. The summed E-state index contributed by atoms with van der Waals surface area (Å²) in [6.45, 7) is 3.88. The number of carbonyl (C=O) groups excluding carboxylic acids is 1. The fraction of sp³-hybridized carbons (Fsp3) is 0.154. The largest absolute Gasteiger partial charge is 0.351 e. The van der Waals surface area contributed by atoms with Crippen LogP contribution in [0, 0.1) is 0 Å². The van der Waals surface area contributed by atoms with Crippen molar-refractivity contribution in [1.82, 2.24) is 9.88 Å². The molecule has 0 bridgehead atoms. The Labute approximate surface area is 121 Å². The van der Waals surface area contributed by atoms with Gasteiger partial charge in [0.2, 0.25) is 5.91 Å². The predicted octanol–water partition coefficient (Wildman–Crippen LogP) is 1.87. The van der Waals surface area contributed by atoms with E-state index < -0.39 is 9.05 Å². The van der Waals surface area contributed by atoms with Gasteiger partial charge in [0.05, 0.1) is 0 Å². The van der Waals surface area contributed by atoms with Crippen LogP contribution in [0.15, 0.2) is 48.0 Å². The molecule has 0 aliphatic heterocycles. The Bertz CT molecular complexity index is 765. The van der Waals surface area contributed by atoms with E-state index in [0.717, 1.165) is 0 Å². The highest BCUT2D eigenvalue weighted by Gasteiger charge is 2.19. The number of carbonyl (C=O) groups is 1. The normalized spacial score (nSPS) is 11.4. The summed E-state index contributed by atoms with van der Waals surface area (Å²) in [6.07, 6.45) is 2.95. The van der Waals surface area contributed by atoms with E-state index in [1.807, 2.05) is 0 Å². The quantitative estimate of drug-likeness (QED) is 0.677. The van der Waals surface area contributed by atoms with Crippen molar-refractivity contribution in [2.45, 2.75) is 11.4 Å². The van der Waals surface area contributed by atoms with Gasteiger partial charge in [-0.05, 0) is 6.07 Å². The smallest absolute Gasteiger partial charge is 0.263 e. The van der Waals surface area contributed by atoms with Crippen LogP contribution in [0.5, 0.6) is 0 Å². The lowest BCUT2D eigenvalue weighted by molar-refractivity contribution is -0.121. The van der Waals surface area contributed by atoms with Gasteiger partial charge in [-0.3, -0.25) is 4.79 Å². The summed E-state index contributed by atoms with van der Waals surface area (Å²) in [6, 6.07) is 6.88. The standard InChI is InChI=1S/C13H13ClN2O3S/c1-2-7-15-13(17)9-16-8-12(20(14,18)19)10-5-3-4-6-11(10)16/h2-6,8H,1,7,9H2,(H,15,17). The molecule has 0 radical (unpaired) electrons. The van der Waals surface area contributed by atoms with Crippen molar-refractivity contribution in [2.75, 3.05) is 6.54 Å². The van der Waals surface area contributed by atoms with Gasteiger partial charge in [0.25, 0.3) is 9.05 Å². The molecule has 106 valence electrons. The van der Waals surface area contributed by atoms with Crippen LogP contribution in [0.2, 0.25) is 0 Å². The molecule has 0 aliphatic carbocycles. The Balaban J connectivity index is 2.44. The van der Waals surface area contributed by atoms with E-state index in [9.17, 15) is 13.2 Å². The van der Waals surface area contributed by atoms with Crippen LogP contribution in [0.3, 0.4) is 0 Å². The van der Waals surface area contributed by atoms with E-state index in [0.29, 0.717) is 17.4 Å². The van der Waals surface area contributed by atoms with Crippen LogP contribution >= 0.6 is 10.7 Å². The number of para-hydroxylation sites is 1. The number of benzene rings is 1. The molecule has 0 fully saturated rings. The minimum atomic E-state index is -3.86. The van der Waals surface area contributed by atoms with Crippen LogP contribution in [-0.4, -0.2) is 25.4 Å². The fourth-order valence-corrected chi connectivity index (χ4v) is 2.99. The molecule has 1 aromatic carbocycles. The van der Waals surface area contributed by atoms with Crippen molar-refractivity contribution in [1.29, 1.82) is 0 Å². The second-order valence-corrected chi connectivity index (χ2v) is 6.70. The minimum Gasteiger partial charge on any atom is -0.351 e. The maximum absolute atomic E-state index is 11.7. The Morgan fingerprint density at radius 3 is 2.75 bits per heavy atom. The zero-order valence-corrected chi connectivity index (χ0v) is 12.1. The first-order valence-electron chi connectivity index (χ1n) is 5.83. The van der Waals surface area contributed by atoms with Crippen molar-refractivity contribution in [2.24, 2.45) is 0 Å². The summed E-state index contributed by atoms with van der Waals surface area (Å²) in [5.41, 5.74) is 0.639. The Morgan fingerprint density at radius 2 is 2.10 bits per heavy atom. The molecule has 5 nitrogen and oxygen atoms in total. The van der Waals surface area contributed by atoms with Crippen LogP contribution < -0.4 is 5.32 Å². The maximum atomic E-state index is 11.7. The molecule has 1 aromatic heterocycles. The van der Waals surface area contributed by atoms with E-state index in [1.54, 1.807) is 34.9 Å². The molecular formula is C13H13ClN2O3S. The first-order valence-corrected chi connectivity index (χ1v) is 8.14. The zero-order chi connectivity index (χ0) is 14.8. The molecule has 1 amide bonds. The average Bonchev–Trinajstić information content (AvgIpc) is 2.75. The third-order valence-corrected chi connectivity index (χ3v) is 4.12. The molecule has 20 heavy (non-hydrogen) atoms.